The van der Waals surface area contributed by atoms with Gasteiger partial charge in [0.1, 0.15) is 11.4 Å². The molecular formula is C15H22FNO2. The van der Waals surface area contributed by atoms with Gasteiger partial charge in [0.05, 0.1) is 6.54 Å². The average Bonchev–Trinajstić information content (AvgIpc) is 2.36. The molecule has 0 aliphatic rings. The van der Waals surface area contributed by atoms with Crippen molar-refractivity contribution in [1.29, 1.82) is 0 Å². The molecule has 1 N–H and O–H groups in total. The number of carbonyl (C=O) groups excluding carboxylic acids is 1. The molecule has 1 amide bonds. The van der Waals surface area contributed by atoms with Crippen molar-refractivity contribution in [2.45, 2.75) is 32.8 Å². The van der Waals surface area contributed by atoms with E-state index in [1.165, 1.54) is 13.2 Å². The summed E-state index contributed by atoms with van der Waals surface area (Å²) in [5.74, 6) is -0.0816. The van der Waals surface area contributed by atoms with E-state index in [2.05, 4.69) is 5.32 Å². The second-order valence-corrected chi connectivity index (χ2v) is 5.29. The van der Waals surface area contributed by atoms with Crippen LogP contribution in [0.15, 0.2) is 24.3 Å². The van der Waals surface area contributed by atoms with E-state index in [-0.39, 0.29) is 18.3 Å². The number of halogens is 1. The summed E-state index contributed by atoms with van der Waals surface area (Å²) in [7, 11) is 1.51. The van der Waals surface area contributed by atoms with Gasteiger partial charge in [0.15, 0.2) is 0 Å². The lowest BCUT2D eigenvalue weighted by Gasteiger charge is -2.29. The van der Waals surface area contributed by atoms with Gasteiger partial charge < -0.3 is 10.1 Å². The maximum Gasteiger partial charge on any atom is 0.220 e. The number of benzene rings is 1. The molecule has 0 bridgehead atoms. The van der Waals surface area contributed by atoms with Crippen LogP contribution in [0.4, 0.5) is 4.39 Å². The molecule has 1 aromatic carbocycles. The SMILES string of the molecule is COC(C)(CNC(=O)CC(C)C)c1ccccc1F. The standard InChI is InChI=1S/C15H22FNO2/c1-11(2)9-14(18)17-10-15(3,19-4)12-7-5-6-8-13(12)16/h5-8,11H,9-10H2,1-4H3,(H,17,18). The van der Waals surface area contributed by atoms with Crippen LogP contribution in [-0.4, -0.2) is 19.6 Å². The fraction of sp³-hybridized carbons (Fsp3) is 0.533. The summed E-state index contributed by atoms with van der Waals surface area (Å²) >= 11 is 0. The minimum atomic E-state index is -0.863. The lowest BCUT2D eigenvalue weighted by Crippen LogP contribution is -2.40. The first-order valence-electron chi connectivity index (χ1n) is 6.46. The topological polar surface area (TPSA) is 38.3 Å². The Bertz CT molecular complexity index is 434. The van der Waals surface area contributed by atoms with Crippen molar-refractivity contribution >= 4 is 5.91 Å². The summed E-state index contributed by atoms with van der Waals surface area (Å²) in [6, 6.07) is 6.45. The Morgan fingerprint density at radius 1 is 1.42 bits per heavy atom. The number of carbonyl (C=O) groups is 1. The lowest BCUT2D eigenvalue weighted by molar-refractivity contribution is -0.123. The third kappa shape index (κ3) is 4.31. The number of nitrogens with one attached hydrogen (secondary N) is 1. The highest BCUT2D eigenvalue weighted by atomic mass is 19.1. The van der Waals surface area contributed by atoms with Crippen molar-refractivity contribution in [3.63, 3.8) is 0 Å². The molecule has 1 aromatic rings. The zero-order chi connectivity index (χ0) is 14.5. The Labute approximate surface area is 114 Å². The largest absolute Gasteiger partial charge is 0.372 e. The molecule has 1 atom stereocenters. The monoisotopic (exact) mass is 267 g/mol. The molecule has 0 heterocycles. The fourth-order valence-electron chi connectivity index (χ4n) is 1.88. The zero-order valence-corrected chi connectivity index (χ0v) is 12.0. The van der Waals surface area contributed by atoms with Gasteiger partial charge >= 0.3 is 0 Å². The second kappa shape index (κ2) is 6.66. The molecule has 0 radical (unpaired) electrons. The quantitative estimate of drug-likeness (QED) is 0.860. The Balaban J connectivity index is 2.76. The molecule has 0 spiro atoms. The molecular weight excluding hydrogens is 245 g/mol. The maximum atomic E-state index is 13.8. The Hall–Kier alpha value is -1.42. The van der Waals surface area contributed by atoms with E-state index in [1.54, 1.807) is 25.1 Å². The molecule has 0 fully saturated rings. The van der Waals surface area contributed by atoms with Crippen LogP contribution < -0.4 is 5.32 Å². The van der Waals surface area contributed by atoms with Crippen LogP contribution in [0.25, 0.3) is 0 Å². The molecule has 19 heavy (non-hydrogen) atoms. The summed E-state index contributed by atoms with van der Waals surface area (Å²) < 4.78 is 19.2. The molecule has 4 heteroatoms. The minimum absolute atomic E-state index is 0.0467. The van der Waals surface area contributed by atoms with Gasteiger partial charge in [0.25, 0.3) is 0 Å². The Morgan fingerprint density at radius 3 is 2.58 bits per heavy atom. The van der Waals surface area contributed by atoms with Crippen LogP contribution in [0, 0.1) is 11.7 Å². The van der Waals surface area contributed by atoms with E-state index in [0.717, 1.165) is 0 Å². The number of methoxy groups -OCH3 is 1. The van der Waals surface area contributed by atoms with Crippen LogP contribution in [-0.2, 0) is 15.1 Å². The molecule has 0 aliphatic heterocycles. The summed E-state index contributed by atoms with van der Waals surface area (Å²) in [5.41, 5.74) is -0.416. The van der Waals surface area contributed by atoms with Crippen molar-refractivity contribution < 1.29 is 13.9 Å². The van der Waals surface area contributed by atoms with Gasteiger partial charge in [0, 0.05) is 19.1 Å². The van der Waals surface area contributed by atoms with Gasteiger partial charge in [0.2, 0.25) is 5.91 Å². The van der Waals surface area contributed by atoms with Gasteiger partial charge in [-0.25, -0.2) is 4.39 Å². The number of amides is 1. The highest BCUT2D eigenvalue weighted by Gasteiger charge is 2.29. The van der Waals surface area contributed by atoms with Gasteiger partial charge in [-0.1, -0.05) is 32.0 Å². The number of hydrogen-bond donors (Lipinski definition) is 1. The van der Waals surface area contributed by atoms with Crippen molar-refractivity contribution in [2.75, 3.05) is 13.7 Å². The zero-order valence-electron chi connectivity index (χ0n) is 12.0. The third-order valence-electron chi connectivity index (χ3n) is 3.11. The van der Waals surface area contributed by atoms with Crippen LogP contribution in [0.5, 0.6) is 0 Å². The smallest absolute Gasteiger partial charge is 0.220 e. The van der Waals surface area contributed by atoms with Gasteiger partial charge in [-0.05, 0) is 18.9 Å². The van der Waals surface area contributed by atoms with E-state index in [1.807, 2.05) is 13.8 Å². The summed E-state index contributed by atoms with van der Waals surface area (Å²) in [5, 5.41) is 2.80. The van der Waals surface area contributed by atoms with Gasteiger partial charge in [-0.3, -0.25) is 4.79 Å². The number of ether oxygens (including phenoxy) is 1. The predicted octanol–water partition coefficient (Wildman–Crippen LogP) is 2.85. The first kappa shape index (κ1) is 15.6. The van der Waals surface area contributed by atoms with E-state index < -0.39 is 5.60 Å². The first-order chi connectivity index (χ1) is 8.89. The number of rotatable bonds is 6. The van der Waals surface area contributed by atoms with Crippen molar-refractivity contribution in [2.24, 2.45) is 5.92 Å². The molecule has 3 nitrogen and oxygen atoms in total. The van der Waals surface area contributed by atoms with E-state index in [0.29, 0.717) is 17.9 Å². The van der Waals surface area contributed by atoms with Crippen LogP contribution >= 0.6 is 0 Å². The van der Waals surface area contributed by atoms with Crippen LogP contribution in [0.3, 0.4) is 0 Å². The highest BCUT2D eigenvalue weighted by Crippen LogP contribution is 2.26. The molecule has 0 aromatic heterocycles. The maximum absolute atomic E-state index is 13.8. The molecule has 0 aliphatic carbocycles. The van der Waals surface area contributed by atoms with Crippen molar-refractivity contribution in [3.8, 4) is 0 Å². The van der Waals surface area contributed by atoms with E-state index in [9.17, 15) is 9.18 Å². The van der Waals surface area contributed by atoms with Gasteiger partial charge in [-0.2, -0.15) is 0 Å². The van der Waals surface area contributed by atoms with E-state index >= 15 is 0 Å². The van der Waals surface area contributed by atoms with E-state index in [4.69, 9.17) is 4.74 Å². The minimum Gasteiger partial charge on any atom is -0.372 e. The summed E-state index contributed by atoms with van der Waals surface area (Å²) in [6.07, 6.45) is 0.455. The normalized spacial score (nSPS) is 14.2. The first-order valence-corrected chi connectivity index (χ1v) is 6.46. The highest BCUT2D eigenvalue weighted by molar-refractivity contribution is 5.76. The number of hydrogen-bond acceptors (Lipinski definition) is 2. The molecule has 1 rings (SSSR count). The fourth-order valence-corrected chi connectivity index (χ4v) is 1.88. The molecule has 0 saturated heterocycles. The lowest BCUT2D eigenvalue weighted by atomic mass is 9.95. The summed E-state index contributed by atoms with van der Waals surface area (Å²) in [6.45, 7) is 5.97. The second-order valence-electron chi connectivity index (χ2n) is 5.29. The van der Waals surface area contributed by atoms with Crippen LogP contribution in [0.2, 0.25) is 0 Å². The molecule has 1 unspecified atom stereocenters. The van der Waals surface area contributed by atoms with Crippen molar-refractivity contribution in [1.82, 2.24) is 5.32 Å². The van der Waals surface area contributed by atoms with Gasteiger partial charge in [-0.15, -0.1) is 0 Å². The summed E-state index contributed by atoms with van der Waals surface area (Å²) in [4.78, 5) is 11.7. The predicted molar refractivity (Wildman–Crippen MR) is 73.2 cm³/mol. The molecule has 106 valence electrons. The Kier molecular flexibility index (Phi) is 5.48. The van der Waals surface area contributed by atoms with Crippen molar-refractivity contribution in [3.05, 3.63) is 35.6 Å². The Morgan fingerprint density at radius 2 is 2.05 bits per heavy atom. The van der Waals surface area contributed by atoms with Crippen LogP contribution in [0.1, 0.15) is 32.8 Å². The average molecular weight is 267 g/mol. The third-order valence-corrected chi connectivity index (χ3v) is 3.11. The molecule has 0 saturated carbocycles.